The minimum Gasteiger partial charge on any atom is -0.472 e. The molecular weight excluding hydrogens is 619 g/mol. The fourth-order valence-electron chi connectivity index (χ4n) is 7.70. The summed E-state index contributed by atoms with van der Waals surface area (Å²) >= 11 is 0. The second-order valence-corrected chi connectivity index (χ2v) is 16.7. The predicted octanol–water partition coefficient (Wildman–Crippen LogP) is 5.15. The fourth-order valence-corrected chi connectivity index (χ4v) is 9.27. The summed E-state index contributed by atoms with van der Waals surface area (Å²) in [6, 6.07) is 6.29. The van der Waals surface area contributed by atoms with E-state index in [1.807, 2.05) is 19.1 Å². The number of aromatic nitrogens is 1. The maximum absolute atomic E-state index is 14.5. The first-order chi connectivity index (χ1) is 22.5. The Morgan fingerprint density at radius 2 is 1.98 bits per heavy atom. The molecule has 3 amide bonds. The lowest BCUT2D eigenvalue weighted by molar-refractivity contribution is -0.141. The highest BCUT2D eigenvalue weighted by atomic mass is 31.2. The number of fused-ring (bicyclic) bond motifs is 3. The molecule has 3 heterocycles. The van der Waals surface area contributed by atoms with Crippen LogP contribution >= 0.6 is 7.37 Å². The monoisotopic (exact) mass is 666 g/mol. The van der Waals surface area contributed by atoms with Crippen LogP contribution in [0.25, 0.3) is 10.8 Å². The first-order valence-corrected chi connectivity index (χ1v) is 19.1. The van der Waals surface area contributed by atoms with Gasteiger partial charge in [0.05, 0.1) is 13.2 Å². The van der Waals surface area contributed by atoms with Crippen molar-refractivity contribution < 1.29 is 33.3 Å². The second-order valence-electron chi connectivity index (χ2n) is 14.1. The molecule has 1 aromatic heterocycles. The summed E-state index contributed by atoms with van der Waals surface area (Å²) < 4.78 is 25.1. The number of rotatable bonds is 5. The largest absolute Gasteiger partial charge is 0.472 e. The van der Waals surface area contributed by atoms with E-state index in [2.05, 4.69) is 34.3 Å². The summed E-state index contributed by atoms with van der Waals surface area (Å²) in [6.45, 7) is 7.39. The Bertz CT molecular complexity index is 1570. The van der Waals surface area contributed by atoms with Gasteiger partial charge < -0.3 is 29.9 Å². The number of carbonyl (C=O) groups excluding carboxylic acids is 3. The Hall–Kier alpha value is -3.43. The molecule has 7 atom stereocenters. The first-order valence-electron chi connectivity index (χ1n) is 17.0. The van der Waals surface area contributed by atoms with E-state index in [0.29, 0.717) is 12.3 Å². The van der Waals surface area contributed by atoms with Crippen LogP contribution in [0.5, 0.6) is 5.88 Å². The number of nitrogens with one attached hydrogen (secondary N) is 2. The number of pyridine rings is 1. The van der Waals surface area contributed by atoms with Crippen molar-refractivity contribution in [3.05, 3.63) is 48.7 Å². The molecule has 0 radical (unpaired) electrons. The highest BCUT2D eigenvalue weighted by molar-refractivity contribution is 7.59. The number of carbonyl (C=O) groups is 3. The van der Waals surface area contributed by atoms with Crippen LogP contribution in [0.3, 0.4) is 0 Å². The highest BCUT2D eigenvalue weighted by Gasteiger charge is 2.64. The average molecular weight is 667 g/mol. The maximum atomic E-state index is 14.5. The van der Waals surface area contributed by atoms with Crippen molar-refractivity contribution in [2.24, 2.45) is 17.8 Å². The molecule has 254 valence electrons. The molecule has 3 N–H and O–H groups in total. The number of hydrogen-bond donors (Lipinski definition) is 3. The van der Waals surface area contributed by atoms with E-state index < -0.39 is 42.8 Å². The van der Waals surface area contributed by atoms with Gasteiger partial charge in [0.25, 0.3) is 0 Å². The number of cyclic esters (lactones) is 1. The van der Waals surface area contributed by atoms with Gasteiger partial charge in [-0.25, -0.2) is 9.78 Å². The summed E-state index contributed by atoms with van der Waals surface area (Å²) in [5.74, 6) is -0.801. The molecule has 4 bridgehead atoms. The first kappa shape index (κ1) is 33.5. The van der Waals surface area contributed by atoms with E-state index >= 15 is 0 Å². The smallest absolute Gasteiger partial charge is 0.407 e. The van der Waals surface area contributed by atoms with Gasteiger partial charge >= 0.3 is 6.09 Å². The Kier molecular flexibility index (Phi) is 9.68. The number of benzene rings is 1. The van der Waals surface area contributed by atoms with Gasteiger partial charge in [-0.05, 0) is 73.4 Å². The predicted molar refractivity (Wildman–Crippen MR) is 178 cm³/mol. The minimum absolute atomic E-state index is 0.0897. The number of ether oxygens (including phenoxy) is 2. The van der Waals surface area contributed by atoms with E-state index in [-0.39, 0.29) is 43.2 Å². The zero-order valence-electron chi connectivity index (χ0n) is 27.4. The summed E-state index contributed by atoms with van der Waals surface area (Å²) in [6.07, 6.45) is 9.63. The second kappa shape index (κ2) is 13.6. The normalized spacial score (nSPS) is 31.9. The lowest BCUT2D eigenvalue weighted by atomic mass is 9.83. The van der Waals surface area contributed by atoms with Crippen molar-refractivity contribution in [1.29, 1.82) is 0 Å². The summed E-state index contributed by atoms with van der Waals surface area (Å²) in [5, 5.41) is 6.27. The SMILES string of the molecule is C=CC1CC1(NC(=O)[C@@H]1C[C@@H]2CN1C(=O)[C@H](C1CCCCC1)NC(=O)OC[C@H](C)CCCc1ccc3ccnc(c3c1)O2)P(C)(=O)O. The van der Waals surface area contributed by atoms with E-state index in [1.54, 1.807) is 12.3 Å². The molecule has 47 heavy (non-hydrogen) atoms. The van der Waals surface area contributed by atoms with Crippen molar-refractivity contribution in [2.45, 2.75) is 94.6 Å². The van der Waals surface area contributed by atoms with Gasteiger partial charge in [-0.2, -0.15) is 0 Å². The Morgan fingerprint density at radius 1 is 1.19 bits per heavy atom. The summed E-state index contributed by atoms with van der Waals surface area (Å²) in [5.41, 5.74) is 1.14. The zero-order chi connectivity index (χ0) is 33.3. The molecule has 4 aliphatic rings. The van der Waals surface area contributed by atoms with Crippen LogP contribution in [0.15, 0.2) is 43.1 Å². The molecule has 2 aliphatic carbocycles. The third kappa shape index (κ3) is 7.07. The van der Waals surface area contributed by atoms with E-state index in [4.69, 9.17) is 9.47 Å². The Labute approximate surface area is 276 Å². The molecule has 3 unspecified atom stereocenters. The van der Waals surface area contributed by atoms with Gasteiger partial charge in [0.15, 0.2) is 0 Å². The minimum atomic E-state index is -3.77. The number of amides is 3. The number of aryl methyl sites for hydroxylation is 1. The van der Waals surface area contributed by atoms with Gasteiger partial charge in [-0.1, -0.05) is 44.4 Å². The van der Waals surface area contributed by atoms with Crippen LogP contribution < -0.4 is 15.4 Å². The maximum Gasteiger partial charge on any atom is 0.407 e. The topological polar surface area (TPSA) is 147 Å². The molecule has 1 aromatic carbocycles. The molecule has 3 fully saturated rings. The number of hydrogen-bond acceptors (Lipinski definition) is 7. The molecule has 0 spiro atoms. The van der Waals surface area contributed by atoms with Gasteiger partial charge in [-0.3, -0.25) is 14.2 Å². The quantitative estimate of drug-likeness (QED) is 0.293. The fraction of sp³-hybridized carbons (Fsp3) is 0.600. The zero-order valence-corrected chi connectivity index (χ0v) is 28.3. The van der Waals surface area contributed by atoms with E-state index in [0.717, 1.165) is 67.7 Å². The highest BCUT2D eigenvalue weighted by Crippen LogP contribution is 2.67. The van der Waals surface area contributed by atoms with Crippen LogP contribution in [0.1, 0.15) is 70.3 Å². The van der Waals surface area contributed by atoms with Crippen molar-refractivity contribution in [3.8, 4) is 5.88 Å². The average Bonchev–Trinajstić information content (AvgIpc) is 3.63. The molecule has 2 saturated carbocycles. The molecule has 1 saturated heterocycles. The van der Waals surface area contributed by atoms with Crippen LogP contribution in [0.4, 0.5) is 4.79 Å². The molecule has 6 rings (SSSR count). The standard InChI is InChI=1S/C35H47N4O7P/c1-4-26-19-35(26,47(3,43)44)38-31(40)29-18-27-20-39(29)33(41)30(25-11-6-5-7-12-25)37-34(42)45-21-22(2)9-8-10-23-13-14-24-15-16-36-32(46-27)28(24)17-23/h4,13-17,22,25-27,29-30H,1,5-12,18-21H2,2-3H3,(H,37,42)(H,38,40)(H,43,44)/t22-,26?,27-,29+,30+,35?/m1/s1. The van der Waals surface area contributed by atoms with Crippen LogP contribution in [-0.2, 0) is 25.3 Å². The molecule has 2 aromatic rings. The van der Waals surface area contributed by atoms with Crippen molar-refractivity contribution in [1.82, 2.24) is 20.5 Å². The van der Waals surface area contributed by atoms with E-state index in [1.165, 1.54) is 11.6 Å². The number of nitrogens with zero attached hydrogens (tertiary/aromatic N) is 2. The van der Waals surface area contributed by atoms with Crippen LogP contribution in [0, 0.1) is 17.8 Å². The lowest BCUT2D eigenvalue weighted by Crippen LogP contribution is -2.57. The number of alkyl carbamates (subject to hydrolysis) is 1. The third-order valence-corrected chi connectivity index (χ3v) is 12.7. The van der Waals surface area contributed by atoms with Crippen molar-refractivity contribution >= 4 is 36.0 Å². The van der Waals surface area contributed by atoms with Gasteiger partial charge in [-0.15, -0.1) is 6.58 Å². The molecule has 2 aliphatic heterocycles. The molecule has 11 nitrogen and oxygen atoms in total. The van der Waals surface area contributed by atoms with Gasteiger partial charge in [0.1, 0.15) is 23.5 Å². The third-order valence-electron chi connectivity index (χ3n) is 10.6. The van der Waals surface area contributed by atoms with Crippen LogP contribution in [0.2, 0.25) is 0 Å². The molecular formula is C35H47N4O7P. The van der Waals surface area contributed by atoms with Gasteiger partial charge in [0, 0.05) is 30.6 Å². The van der Waals surface area contributed by atoms with Crippen molar-refractivity contribution in [2.75, 3.05) is 19.8 Å². The summed E-state index contributed by atoms with van der Waals surface area (Å²) in [4.78, 5) is 58.4. The van der Waals surface area contributed by atoms with Gasteiger partial charge in [0.2, 0.25) is 25.1 Å². The molecule has 12 heteroatoms. The van der Waals surface area contributed by atoms with Crippen molar-refractivity contribution in [3.63, 3.8) is 0 Å². The summed E-state index contributed by atoms with van der Waals surface area (Å²) in [7, 11) is -3.77. The van der Waals surface area contributed by atoms with E-state index in [9.17, 15) is 23.8 Å². The Morgan fingerprint density at radius 3 is 2.70 bits per heavy atom. The Balaban J connectivity index is 1.36. The lowest BCUT2D eigenvalue weighted by Gasteiger charge is -2.35. The van der Waals surface area contributed by atoms with Crippen LogP contribution in [-0.4, -0.2) is 76.0 Å².